The monoisotopic (exact) mass is 425 g/mol. The molecule has 13 heteroatoms. The van der Waals surface area contributed by atoms with Gasteiger partial charge in [-0.05, 0) is 19.3 Å². The third kappa shape index (κ3) is 32.9. The quantitative estimate of drug-likeness (QED) is 0.178. The summed E-state index contributed by atoms with van der Waals surface area (Å²) in [7, 11) is 1.24. The van der Waals surface area contributed by atoms with Gasteiger partial charge in [-0.1, -0.05) is 0 Å². The first-order valence-corrected chi connectivity index (χ1v) is 8.25. The SMILES string of the molecule is COC(=O)CC[C@H](N)C(=O)O.O=C(O)CCC(=O)O.O=C(O)CCCCC(=O)O. The molecular formula is C16H27NO12. The molecule has 29 heavy (non-hydrogen) atoms. The third-order valence-corrected chi connectivity index (χ3v) is 2.79. The molecule has 0 aromatic heterocycles. The Labute approximate surface area is 166 Å². The van der Waals surface area contributed by atoms with E-state index in [9.17, 15) is 28.8 Å². The molecular weight excluding hydrogens is 398 g/mol. The Bertz CT molecular complexity index is 516. The molecule has 0 spiro atoms. The van der Waals surface area contributed by atoms with Gasteiger partial charge in [0.05, 0.1) is 20.0 Å². The van der Waals surface area contributed by atoms with E-state index in [0.29, 0.717) is 12.8 Å². The standard InChI is InChI=1S/C6H11NO4.C6H10O4.C4H6O4/c1-11-5(8)3-2-4(7)6(9)10;7-5(8)3-1-2-4-6(9)10;5-3(6)1-2-4(7)8/h4H,2-3,7H2,1H3,(H,9,10);1-4H2,(H,7,8)(H,9,10);1-2H2,(H,5,6)(H,7,8)/t4-;;/m0../s1. The number of hydrogen-bond acceptors (Lipinski definition) is 8. The van der Waals surface area contributed by atoms with Gasteiger partial charge < -0.3 is 36.0 Å². The summed E-state index contributed by atoms with van der Waals surface area (Å²) >= 11 is 0. The lowest BCUT2D eigenvalue weighted by Crippen LogP contribution is -2.30. The summed E-state index contributed by atoms with van der Waals surface area (Å²) < 4.78 is 4.29. The van der Waals surface area contributed by atoms with Crippen LogP contribution in [0.5, 0.6) is 0 Å². The molecule has 0 saturated carbocycles. The second kappa shape index (κ2) is 19.5. The van der Waals surface area contributed by atoms with Gasteiger partial charge in [0.15, 0.2) is 0 Å². The van der Waals surface area contributed by atoms with Gasteiger partial charge in [0.1, 0.15) is 6.04 Å². The van der Waals surface area contributed by atoms with Crippen LogP contribution in [0.4, 0.5) is 0 Å². The van der Waals surface area contributed by atoms with Crippen LogP contribution >= 0.6 is 0 Å². The summed E-state index contributed by atoms with van der Waals surface area (Å²) in [6.07, 6.45) is 0.584. The van der Waals surface area contributed by atoms with Gasteiger partial charge in [0.2, 0.25) is 0 Å². The number of methoxy groups -OCH3 is 1. The number of nitrogens with two attached hydrogens (primary N) is 1. The van der Waals surface area contributed by atoms with E-state index in [0.717, 1.165) is 0 Å². The minimum absolute atomic E-state index is 0.0456. The number of aliphatic carboxylic acids is 5. The first-order chi connectivity index (χ1) is 13.3. The summed E-state index contributed by atoms with van der Waals surface area (Å²) in [6, 6.07) is -0.978. The number of carbonyl (C=O) groups is 6. The van der Waals surface area contributed by atoms with Crippen molar-refractivity contribution < 1.29 is 59.0 Å². The van der Waals surface area contributed by atoms with Crippen LogP contribution in [-0.4, -0.2) is 74.5 Å². The molecule has 0 fully saturated rings. The fraction of sp³-hybridized carbons (Fsp3) is 0.625. The Kier molecular flexibility index (Phi) is 20.6. The van der Waals surface area contributed by atoms with E-state index < -0.39 is 41.9 Å². The van der Waals surface area contributed by atoms with Crippen LogP contribution in [0.2, 0.25) is 0 Å². The van der Waals surface area contributed by atoms with E-state index in [-0.39, 0.29) is 38.5 Å². The zero-order valence-corrected chi connectivity index (χ0v) is 15.9. The maximum atomic E-state index is 10.5. The van der Waals surface area contributed by atoms with E-state index in [2.05, 4.69) is 4.74 Å². The zero-order valence-electron chi connectivity index (χ0n) is 15.9. The van der Waals surface area contributed by atoms with Crippen molar-refractivity contribution in [2.75, 3.05) is 7.11 Å². The van der Waals surface area contributed by atoms with Crippen molar-refractivity contribution in [1.82, 2.24) is 0 Å². The summed E-state index contributed by atoms with van der Waals surface area (Å²) in [5, 5.41) is 40.4. The first-order valence-electron chi connectivity index (χ1n) is 8.25. The van der Waals surface area contributed by atoms with Crippen molar-refractivity contribution >= 4 is 35.8 Å². The van der Waals surface area contributed by atoms with E-state index >= 15 is 0 Å². The molecule has 0 bridgehead atoms. The van der Waals surface area contributed by atoms with Gasteiger partial charge in [-0.3, -0.25) is 28.8 Å². The summed E-state index contributed by atoms with van der Waals surface area (Å²) in [5.74, 6) is -5.44. The molecule has 0 aliphatic heterocycles. The second-order valence-corrected chi connectivity index (χ2v) is 5.34. The van der Waals surface area contributed by atoms with Crippen molar-refractivity contribution in [1.29, 1.82) is 0 Å². The number of rotatable bonds is 12. The minimum Gasteiger partial charge on any atom is -0.481 e. The Morgan fingerprint density at radius 2 is 1.03 bits per heavy atom. The maximum Gasteiger partial charge on any atom is 0.320 e. The lowest BCUT2D eigenvalue weighted by atomic mass is 10.2. The van der Waals surface area contributed by atoms with Gasteiger partial charge in [0.25, 0.3) is 0 Å². The molecule has 0 saturated heterocycles. The van der Waals surface area contributed by atoms with Crippen LogP contribution in [-0.2, 0) is 33.5 Å². The molecule has 0 aliphatic carbocycles. The van der Waals surface area contributed by atoms with E-state index in [1.54, 1.807) is 0 Å². The van der Waals surface area contributed by atoms with Crippen LogP contribution < -0.4 is 5.73 Å². The van der Waals surface area contributed by atoms with Crippen LogP contribution in [0.3, 0.4) is 0 Å². The molecule has 0 heterocycles. The molecule has 7 N–H and O–H groups in total. The van der Waals surface area contributed by atoms with Crippen molar-refractivity contribution in [2.45, 2.75) is 57.4 Å². The Hall–Kier alpha value is -3.22. The number of carbonyl (C=O) groups excluding carboxylic acids is 1. The minimum atomic E-state index is -1.10. The molecule has 0 aromatic carbocycles. The second-order valence-electron chi connectivity index (χ2n) is 5.34. The smallest absolute Gasteiger partial charge is 0.320 e. The molecule has 0 aromatic rings. The summed E-state index contributed by atoms with van der Waals surface area (Å²) in [4.78, 5) is 59.7. The van der Waals surface area contributed by atoms with Gasteiger partial charge in [-0.25, -0.2) is 0 Å². The maximum absolute atomic E-state index is 10.5. The number of esters is 1. The fourth-order valence-corrected chi connectivity index (χ4v) is 1.27. The molecule has 0 amide bonds. The van der Waals surface area contributed by atoms with Gasteiger partial charge in [-0.15, -0.1) is 0 Å². The lowest BCUT2D eigenvalue weighted by Gasteiger charge is -2.03. The van der Waals surface area contributed by atoms with E-state index in [1.165, 1.54) is 7.11 Å². The summed E-state index contributed by atoms with van der Waals surface area (Å²) in [5.41, 5.74) is 5.11. The number of ether oxygens (including phenoxy) is 1. The number of unbranched alkanes of at least 4 members (excludes halogenated alkanes) is 1. The molecule has 0 unspecified atom stereocenters. The molecule has 168 valence electrons. The van der Waals surface area contributed by atoms with Crippen molar-refractivity contribution in [3.8, 4) is 0 Å². The molecule has 13 nitrogen and oxygen atoms in total. The highest BCUT2D eigenvalue weighted by Crippen LogP contribution is 1.98. The number of carboxylic acid groups (broad SMARTS) is 5. The average molecular weight is 425 g/mol. The topological polar surface area (TPSA) is 239 Å². The Balaban J connectivity index is -0.000000354. The highest BCUT2D eigenvalue weighted by molar-refractivity contribution is 5.75. The largest absolute Gasteiger partial charge is 0.481 e. The third-order valence-electron chi connectivity index (χ3n) is 2.79. The van der Waals surface area contributed by atoms with Crippen molar-refractivity contribution in [3.05, 3.63) is 0 Å². The first kappa shape index (κ1) is 30.5. The average Bonchev–Trinajstić information content (AvgIpc) is 2.61. The highest BCUT2D eigenvalue weighted by atomic mass is 16.5. The van der Waals surface area contributed by atoms with Gasteiger partial charge in [-0.2, -0.15) is 0 Å². The summed E-state index contributed by atoms with van der Waals surface area (Å²) in [6.45, 7) is 0. The van der Waals surface area contributed by atoms with E-state index in [4.69, 9.17) is 31.3 Å². The van der Waals surface area contributed by atoms with Crippen LogP contribution in [0.15, 0.2) is 0 Å². The number of hydrogen-bond donors (Lipinski definition) is 6. The zero-order chi connectivity index (χ0) is 23.4. The molecule has 1 atom stereocenters. The van der Waals surface area contributed by atoms with Crippen molar-refractivity contribution in [2.24, 2.45) is 5.73 Å². The van der Waals surface area contributed by atoms with E-state index in [1.807, 2.05) is 0 Å². The van der Waals surface area contributed by atoms with Crippen molar-refractivity contribution in [3.63, 3.8) is 0 Å². The molecule has 0 rings (SSSR count). The normalized spacial score (nSPS) is 10.1. The molecule has 0 radical (unpaired) electrons. The Morgan fingerprint density at radius 3 is 1.28 bits per heavy atom. The highest BCUT2D eigenvalue weighted by Gasteiger charge is 2.13. The van der Waals surface area contributed by atoms with Gasteiger partial charge >= 0.3 is 35.8 Å². The fourth-order valence-electron chi connectivity index (χ4n) is 1.27. The van der Waals surface area contributed by atoms with Crippen LogP contribution in [0.1, 0.15) is 51.4 Å². The lowest BCUT2D eigenvalue weighted by molar-refractivity contribution is -0.143. The predicted octanol–water partition coefficient (Wildman–Crippen LogP) is 0.00330. The van der Waals surface area contributed by atoms with Crippen LogP contribution in [0.25, 0.3) is 0 Å². The molecule has 0 aliphatic rings. The van der Waals surface area contributed by atoms with Crippen LogP contribution in [0, 0.1) is 0 Å². The number of carboxylic acids is 5. The van der Waals surface area contributed by atoms with Gasteiger partial charge in [0, 0.05) is 19.3 Å². The predicted molar refractivity (Wildman–Crippen MR) is 95.1 cm³/mol. The Morgan fingerprint density at radius 1 is 0.690 bits per heavy atom.